The van der Waals surface area contributed by atoms with Crippen molar-refractivity contribution in [3.63, 3.8) is 0 Å². The molecule has 1 aliphatic carbocycles. The van der Waals surface area contributed by atoms with E-state index in [1.54, 1.807) is 11.3 Å². The molecular formula is C17H23N5OS. The molecule has 2 atom stereocenters. The molecule has 0 amide bonds. The fourth-order valence-corrected chi connectivity index (χ4v) is 4.69. The Bertz CT molecular complexity index is 683. The summed E-state index contributed by atoms with van der Waals surface area (Å²) in [5.74, 6) is 2.94. The fourth-order valence-electron chi connectivity index (χ4n) is 4.14. The maximum absolute atomic E-state index is 5.88. The van der Waals surface area contributed by atoms with Gasteiger partial charge in [-0.25, -0.2) is 4.98 Å². The summed E-state index contributed by atoms with van der Waals surface area (Å²) in [6.07, 6.45) is 5.04. The van der Waals surface area contributed by atoms with Gasteiger partial charge in [0.15, 0.2) is 0 Å². The number of thiazole rings is 1. The molecule has 4 aliphatic rings. The number of fused-ring (bicyclic) bond motifs is 4. The van der Waals surface area contributed by atoms with Gasteiger partial charge in [0.1, 0.15) is 0 Å². The van der Waals surface area contributed by atoms with Crippen molar-refractivity contribution in [1.82, 2.24) is 25.0 Å². The Labute approximate surface area is 145 Å². The summed E-state index contributed by atoms with van der Waals surface area (Å²) in [6.45, 7) is 5.25. The summed E-state index contributed by atoms with van der Waals surface area (Å²) in [6, 6.07) is 0.596. The molecule has 0 spiro atoms. The highest BCUT2D eigenvalue weighted by Crippen LogP contribution is 2.39. The van der Waals surface area contributed by atoms with Crippen LogP contribution in [-0.2, 0) is 13.1 Å². The third kappa shape index (κ3) is 3.12. The Hall–Kier alpha value is -1.31. The van der Waals surface area contributed by atoms with Crippen LogP contribution in [0.4, 0.5) is 0 Å². The molecule has 6 rings (SSSR count). The minimum Gasteiger partial charge on any atom is -0.424 e. The first-order valence-corrected chi connectivity index (χ1v) is 9.93. The first kappa shape index (κ1) is 15.0. The summed E-state index contributed by atoms with van der Waals surface area (Å²) in [7, 11) is 0. The molecule has 3 saturated heterocycles. The van der Waals surface area contributed by atoms with Crippen LogP contribution in [0.1, 0.15) is 49.1 Å². The lowest BCUT2D eigenvalue weighted by Crippen LogP contribution is -2.43. The Morgan fingerprint density at radius 3 is 2.88 bits per heavy atom. The molecule has 24 heavy (non-hydrogen) atoms. The largest absolute Gasteiger partial charge is 0.424 e. The molecule has 0 N–H and O–H groups in total. The van der Waals surface area contributed by atoms with Crippen LogP contribution >= 0.6 is 11.3 Å². The van der Waals surface area contributed by atoms with Gasteiger partial charge in [0, 0.05) is 43.5 Å². The molecule has 7 heteroatoms. The second kappa shape index (κ2) is 6.20. The molecule has 0 radical (unpaired) electrons. The van der Waals surface area contributed by atoms with Crippen molar-refractivity contribution < 1.29 is 4.42 Å². The van der Waals surface area contributed by atoms with E-state index in [0.29, 0.717) is 12.0 Å². The van der Waals surface area contributed by atoms with Gasteiger partial charge in [0.2, 0.25) is 11.8 Å². The van der Waals surface area contributed by atoms with Gasteiger partial charge in [-0.2, -0.15) is 0 Å². The van der Waals surface area contributed by atoms with Gasteiger partial charge >= 0.3 is 0 Å². The second-order valence-electron chi connectivity index (χ2n) is 7.51. The maximum Gasteiger partial charge on any atom is 0.230 e. The van der Waals surface area contributed by atoms with Gasteiger partial charge in [-0.3, -0.25) is 9.80 Å². The van der Waals surface area contributed by atoms with E-state index in [1.807, 2.05) is 5.51 Å². The zero-order chi connectivity index (χ0) is 15.9. The van der Waals surface area contributed by atoms with Crippen molar-refractivity contribution in [2.24, 2.45) is 5.92 Å². The predicted molar refractivity (Wildman–Crippen MR) is 90.6 cm³/mol. The first-order chi connectivity index (χ1) is 11.8. The summed E-state index contributed by atoms with van der Waals surface area (Å²) >= 11 is 1.69. The molecule has 4 fully saturated rings. The number of piperidine rings is 1. The quantitative estimate of drug-likeness (QED) is 0.830. The highest BCUT2D eigenvalue weighted by molar-refractivity contribution is 7.07. The summed E-state index contributed by atoms with van der Waals surface area (Å²) in [5.41, 5.74) is 3.14. The molecule has 1 saturated carbocycles. The van der Waals surface area contributed by atoms with Crippen molar-refractivity contribution >= 4 is 11.3 Å². The SMILES string of the molecule is c1nc(CN2C[C@H]3CC[C@@H](C2)N(Cc2nnc(C4CC4)o2)C3)cs1. The number of hydrogen-bond donors (Lipinski definition) is 0. The van der Waals surface area contributed by atoms with Crippen molar-refractivity contribution in [2.75, 3.05) is 19.6 Å². The molecule has 2 aromatic heterocycles. The van der Waals surface area contributed by atoms with Crippen molar-refractivity contribution in [1.29, 1.82) is 0 Å². The number of nitrogens with zero attached hydrogens (tertiary/aromatic N) is 5. The van der Waals surface area contributed by atoms with Crippen molar-refractivity contribution in [3.05, 3.63) is 28.4 Å². The van der Waals surface area contributed by atoms with Crippen LogP contribution in [0.5, 0.6) is 0 Å². The van der Waals surface area contributed by atoms with E-state index >= 15 is 0 Å². The van der Waals surface area contributed by atoms with E-state index in [0.717, 1.165) is 43.9 Å². The molecule has 3 aliphatic heterocycles. The van der Waals surface area contributed by atoms with Crippen LogP contribution in [0.15, 0.2) is 15.3 Å². The molecule has 128 valence electrons. The molecule has 2 aromatic rings. The van der Waals surface area contributed by atoms with Crippen molar-refractivity contribution in [2.45, 2.75) is 50.7 Å². The molecule has 2 bridgehead atoms. The number of hydrogen-bond acceptors (Lipinski definition) is 7. The third-order valence-corrected chi connectivity index (χ3v) is 6.15. The molecular weight excluding hydrogens is 322 g/mol. The minimum absolute atomic E-state index is 0.542. The lowest BCUT2D eigenvalue weighted by atomic mass is 9.95. The van der Waals surface area contributed by atoms with E-state index in [9.17, 15) is 0 Å². The van der Waals surface area contributed by atoms with Crippen LogP contribution in [0.25, 0.3) is 0 Å². The zero-order valence-corrected chi connectivity index (χ0v) is 14.6. The van der Waals surface area contributed by atoms with Gasteiger partial charge in [0.05, 0.1) is 17.7 Å². The second-order valence-corrected chi connectivity index (χ2v) is 8.23. The highest BCUT2D eigenvalue weighted by Gasteiger charge is 2.36. The lowest BCUT2D eigenvalue weighted by molar-refractivity contribution is 0.111. The average Bonchev–Trinajstić information content (AvgIpc) is 3.22. The normalized spacial score (nSPS) is 28.3. The van der Waals surface area contributed by atoms with E-state index in [1.165, 1.54) is 37.9 Å². The topological polar surface area (TPSA) is 58.3 Å². The first-order valence-electron chi connectivity index (χ1n) is 8.99. The Morgan fingerprint density at radius 2 is 2.04 bits per heavy atom. The van der Waals surface area contributed by atoms with E-state index < -0.39 is 0 Å². The summed E-state index contributed by atoms with van der Waals surface area (Å²) in [4.78, 5) is 9.61. The van der Waals surface area contributed by atoms with Gasteiger partial charge in [-0.1, -0.05) is 0 Å². The van der Waals surface area contributed by atoms with Gasteiger partial charge < -0.3 is 4.42 Å². The lowest BCUT2D eigenvalue weighted by Gasteiger charge is -2.35. The number of aromatic nitrogens is 3. The monoisotopic (exact) mass is 345 g/mol. The van der Waals surface area contributed by atoms with E-state index in [4.69, 9.17) is 4.42 Å². The standard InChI is InChI=1S/C17H23N5OS/c1-4-15-8-21(7-14-10-24-11-18-14)5-12(1)6-22(15)9-16-19-20-17(23-16)13-2-3-13/h10-13,15H,1-9H2/t12-,15+/m1/s1. The van der Waals surface area contributed by atoms with Crippen molar-refractivity contribution in [3.8, 4) is 0 Å². The Balaban J connectivity index is 1.26. The summed E-state index contributed by atoms with van der Waals surface area (Å²) < 4.78 is 5.88. The van der Waals surface area contributed by atoms with Gasteiger partial charge in [-0.05, 0) is 31.6 Å². The van der Waals surface area contributed by atoms with Crippen LogP contribution in [-0.4, -0.2) is 50.7 Å². The van der Waals surface area contributed by atoms with Gasteiger partial charge in [-0.15, -0.1) is 21.5 Å². The molecule has 5 heterocycles. The Kier molecular flexibility index (Phi) is 3.87. The Morgan fingerprint density at radius 1 is 1.08 bits per heavy atom. The minimum atomic E-state index is 0.542. The van der Waals surface area contributed by atoms with E-state index in [2.05, 4.69) is 30.4 Å². The van der Waals surface area contributed by atoms with Gasteiger partial charge in [0.25, 0.3) is 0 Å². The zero-order valence-electron chi connectivity index (χ0n) is 13.8. The maximum atomic E-state index is 5.88. The fraction of sp³-hybridized carbons (Fsp3) is 0.706. The number of rotatable bonds is 5. The van der Waals surface area contributed by atoms with Crippen LogP contribution < -0.4 is 0 Å². The molecule has 0 aromatic carbocycles. The van der Waals surface area contributed by atoms with Crippen LogP contribution in [0.2, 0.25) is 0 Å². The van der Waals surface area contributed by atoms with Crippen LogP contribution in [0, 0.1) is 5.92 Å². The van der Waals surface area contributed by atoms with E-state index in [-0.39, 0.29) is 0 Å². The smallest absolute Gasteiger partial charge is 0.230 e. The predicted octanol–water partition coefficient (Wildman–Crippen LogP) is 2.50. The molecule has 0 unspecified atom stereocenters. The summed E-state index contributed by atoms with van der Waals surface area (Å²) in [5, 5.41) is 10.7. The highest BCUT2D eigenvalue weighted by atomic mass is 32.1. The third-order valence-electron chi connectivity index (χ3n) is 5.52. The van der Waals surface area contributed by atoms with Crippen LogP contribution in [0.3, 0.4) is 0 Å². The average molecular weight is 345 g/mol. The molecule has 6 nitrogen and oxygen atoms in total.